The summed E-state index contributed by atoms with van der Waals surface area (Å²) in [5.74, 6) is 1.96. The van der Waals surface area contributed by atoms with Crippen LogP contribution in [0.2, 0.25) is 0 Å². The Morgan fingerprint density at radius 1 is 1.05 bits per heavy atom. The Morgan fingerprint density at radius 3 is 2.86 bits per heavy atom. The molecule has 104 valence electrons. The van der Waals surface area contributed by atoms with Gasteiger partial charge in [0.25, 0.3) is 5.91 Å². The maximum atomic E-state index is 12.5. The molecule has 0 aliphatic carbocycles. The molecule has 1 atom stereocenters. The van der Waals surface area contributed by atoms with Gasteiger partial charge in [-0.05, 0) is 18.2 Å². The minimum Gasteiger partial charge on any atom is -0.472 e. The summed E-state index contributed by atoms with van der Waals surface area (Å²) in [7, 11) is 0. The van der Waals surface area contributed by atoms with Crippen LogP contribution in [0.25, 0.3) is 0 Å². The Morgan fingerprint density at radius 2 is 1.90 bits per heavy atom. The van der Waals surface area contributed by atoms with Gasteiger partial charge in [-0.2, -0.15) is 0 Å². The van der Waals surface area contributed by atoms with Gasteiger partial charge in [0.1, 0.15) is 5.75 Å². The fourth-order valence-corrected chi connectivity index (χ4v) is 3.31. The lowest BCUT2D eigenvalue weighted by molar-refractivity contribution is -0.129. The van der Waals surface area contributed by atoms with Crippen molar-refractivity contribution in [3.8, 4) is 17.2 Å². The summed E-state index contributed by atoms with van der Waals surface area (Å²) in [6.45, 7) is 0.210. The summed E-state index contributed by atoms with van der Waals surface area (Å²) < 4.78 is 17.0. The van der Waals surface area contributed by atoms with Crippen LogP contribution < -0.4 is 19.5 Å². The average Bonchev–Trinajstić information content (AvgIpc) is 3.17. The number of amides is 1. The number of hydrogen-bond acceptors (Lipinski definition) is 4. The minimum absolute atomic E-state index is 0.132. The van der Waals surface area contributed by atoms with Crippen molar-refractivity contribution in [3.63, 3.8) is 0 Å². The molecule has 5 rings (SSSR count). The molecule has 5 heteroatoms. The lowest BCUT2D eigenvalue weighted by atomic mass is 9.90. The normalized spacial score (nSPS) is 23.7. The highest BCUT2D eigenvalue weighted by atomic mass is 16.7. The molecule has 2 aromatic carbocycles. The number of fused-ring (bicyclic) bond motifs is 5. The Kier molecular flexibility index (Phi) is 1.83. The van der Waals surface area contributed by atoms with Gasteiger partial charge in [0.05, 0.1) is 0 Å². The van der Waals surface area contributed by atoms with Gasteiger partial charge in [-0.15, -0.1) is 0 Å². The second-order valence-corrected chi connectivity index (χ2v) is 5.38. The van der Waals surface area contributed by atoms with Crippen LogP contribution >= 0.6 is 0 Å². The molecule has 2 aromatic rings. The van der Waals surface area contributed by atoms with Crippen molar-refractivity contribution in [3.05, 3.63) is 47.5 Å². The van der Waals surface area contributed by atoms with Crippen molar-refractivity contribution >= 4 is 11.6 Å². The third-order valence-electron chi connectivity index (χ3n) is 4.29. The van der Waals surface area contributed by atoms with Crippen LogP contribution in [0.5, 0.6) is 17.2 Å². The number of nitrogens with one attached hydrogen (secondary N) is 1. The van der Waals surface area contributed by atoms with E-state index in [1.807, 2.05) is 36.4 Å². The Balaban J connectivity index is 1.69. The van der Waals surface area contributed by atoms with Gasteiger partial charge in [0, 0.05) is 23.2 Å². The van der Waals surface area contributed by atoms with Crippen molar-refractivity contribution in [2.75, 3.05) is 12.1 Å². The second kappa shape index (κ2) is 3.49. The van der Waals surface area contributed by atoms with Gasteiger partial charge in [-0.25, -0.2) is 0 Å². The van der Waals surface area contributed by atoms with Gasteiger partial charge in [0.15, 0.2) is 11.5 Å². The number of benzene rings is 2. The molecule has 1 unspecified atom stereocenters. The number of para-hydroxylation sites is 1. The number of carbonyl (C=O) groups is 1. The predicted octanol–water partition coefficient (Wildman–Crippen LogP) is 2.20. The summed E-state index contributed by atoms with van der Waals surface area (Å²) in [5.41, 5.74) is 1.60. The molecule has 0 saturated heterocycles. The quantitative estimate of drug-likeness (QED) is 0.804. The monoisotopic (exact) mass is 281 g/mol. The second-order valence-electron chi connectivity index (χ2n) is 5.38. The summed E-state index contributed by atoms with van der Waals surface area (Å²) in [5, 5.41) is 2.90. The third-order valence-corrected chi connectivity index (χ3v) is 4.29. The molecule has 1 spiro atoms. The van der Waals surface area contributed by atoms with Crippen molar-refractivity contribution < 1.29 is 19.0 Å². The van der Waals surface area contributed by atoms with Crippen molar-refractivity contribution in [1.29, 1.82) is 0 Å². The average molecular weight is 281 g/mol. The maximum absolute atomic E-state index is 12.5. The van der Waals surface area contributed by atoms with Gasteiger partial charge in [-0.3, -0.25) is 4.79 Å². The third kappa shape index (κ3) is 1.24. The lowest BCUT2D eigenvalue weighted by Crippen LogP contribution is -2.38. The van der Waals surface area contributed by atoms with Crippen molar-refractivity contribution in [2.45, 2.75) is 12.0 Å². The van der Waals surface area contributed by atoms with Crippen LogP contribution in [0.1, 0.15) is 11.1 Å². The molecular weight excluding hydrogens is 270 g/mol. The van der Waals surface area contributed by atoms with Crippen molar-refractivity contribution in [2.24, 2.45) is 0 Å². The van der Waals surface area contributed by atoms with E-state index in [4.69, 9.17) is 14.2 Å². The topological polar surface area (TPSA) is 56.8 Å². The van der Waals surface area contributed by atoms with Gasteiger partial charge in [-0.1, -0.05) is 18.2 Å². The molecule has 1 amide bonds. The van der Waals surface area contributed by atoms with E-state index in [9.17, 15) is 4.79 Å². The molecule has 3 aliphatic heterocycles. The zero-order chi connectivity index (χ0) is 14.0. The zero-order valence-electron chi connectivity index (χ0n) is 11.0. The first-order valence-corrected chi connectivity index (χ1v) is 6.79. The zero-order valence-corrected chi connectivity index (χ0v) is 11.0. The van der Waals surface area contributed by atoms with Gasteiger partial charge in [0.2, 0.25) is 12.4 Å². The van der Waals surface area contributed by atoms with Gasteiger partial charge >= 0.3 is 0 Å². The Hall–Kier alpha value is -2.69. The van der Waals surface area contributed by atoms with Crippen LogP contribution in [0.15, 0.2) is 36.4 Å². The first-order chi connectivity index (χ1) is 10.3. The lowest BCUT2D eigenvalue weighted by Gasteiger charge is -2.21. The first-order valence-electron chi connectivity index (χ1n) is 6.79. The number of anilines is 1. The molecule has 0 radical (unpaired) electrons. The SMILES string of the molecule is O=C1Nc2ccccc2C12Cc1c(ccc3c1OCO3)O2. The molecule has 1 N–H and O–H groups in total. The summed E-state index contributed by atoms with van der Waals surface area (Å²) in [6, 6.07) is 11.3. The van der Waals surface area contributed by atoms with Crippen LogP contribution in [0.3, 0.4) is 0 Å². The summed E-state index contributed by atoms with van der Waals surface area (Å²) in [4.78, 5) is 12.5. The largest absolute Gasteiger partial charge is 0.472 e. The molecule has 0 saturated carbocycles. The van der Waals surface area contributed by atoms with E-state index in [0.29, 0.717) is 23.7 Å². The fourth-order valence-electron chi connectivity index (χ4n) is 3.31. The highest BCUT2D eigenvalue weighted by Crippen LogP contribution is 2.53. The molecule has 21 heavy (non-hydrogen) atoms. The molecule has 0 fully saturated rings. The van der Waals surface area contributed by atoms with E-state index >= 15 is 0 Å². The van der Waals surface area contributed by atoms with Crippen LogP contribution in [-0.2, 0) is 16.8 Å². The number of ether oxygens (including phenoxy) is 3. The molecule has 3 heterocycles. The number of rotatable bonds is 0. The molecule has 0 aromatic heterocycles. The Bertz CT molecular complexity index is 801. The van der Waals surface area contributed by atoms with E-state index in [0.717, 1.165) is 16.8 Å². The van der Waals surface area contributed by atoms with Crippen LogP contribution in [-0.4, -0.2) is 12.7 Å². The molecular formula is C16H11NO4. The van der Waals surface area contributed by atoms with E-state index in [1.165, 1.54) is 0 Å². The minimum atomic E-state index is -0.986. The fraction of sp³-hybridized carbons (Fsp3) is 0.188. The summed E-state index contributed by atoms with van der Waals surface area (Å²) >= 11 is 0. The van der Waals surface area contributed by atoms with Crippen LogP contribution in [0.4, 0.5) is 5.69 Å². The standard InChI is InChI=1S/C16H11NO4/c18-15-16(10-3-1-2-4-11(10)17-15)7-9-12(21-16)5-6-13-14(9)20-8-19-13/h1-6H,7-8H2,(H,17,18). The predicted molar refractivity (Wildman–Crippen MR) is 73.6 cm³/mol. The smallest absolute Gasteiger partial charge is 0.273 e. The van der Waals surface area contributed by atoms with E-state index < -0.39 is 5.60 Å². The van der Waals surface area contributed by atoms with E-state index in [-0.39, 0.29) is 12.7 Å². The molecule has 0 bridgehead atoms. The van der Waals surface area contributed by atoms with E-state index in [1.54, 1.807) is 0 Å². The maximum Gasteiger partial charge on any atom is 0.273 e. The molecule has 5 nitrogen and oxygen atoms in total. The van der Waals surface area contributed by atoms with Crippen LogP contribution in [0, 0.1) is 0 Å². The summed E-state index contributed by atoms with van der Waals surface area (Å²) in [6.07, 6.45) is 0.456. The first kappa shape index (κ1) is 11.0. The van der Waals surface area contributed by atoms with Crippen molar-refractivity contribution in [1.82, 2.24) is 0 Å². The highest BCUT2D eigenvalue weighted by molar-refractivity contribution is 6.06. The number of hydrogen-bond donors (Lipinski definition) is 1. The Labute approximate surface area is 120 Å². The highest BCUT2D eigenvalue weighted by Gasteiger charge is 2.54. The molecule has 3 aliphatic rings. The number of carbonyl (C=O) groups excluding carboxylic acids is 1. The van der Waals surface area contributed by atoms with Gasteiger partial charge < -0.3 is 19.5 Å². The van der Waals surface area contributed by atoms with E-state index in [2.05, 4.69) is 5.32 Å².